The average molecular weight is 841 g/mol. The minimum absolute atomic E-state index is 0.0413. The van der Waals surface area contributed by atoms with Crippen LogP contribution in [0.5, 0.6) is 11.5 Å². The van der Waals surface area contributed by atoms with Gasteiger partial charge in [-0.25, -0.2) is 4.39 Å². The third-order valence-electron chi connectivity index (χ3n) is 11.4. The van der Waals surface area contributed by atoms with Crippen LogP contribution >= 0.6 is 15.8 Å². The van der Waals surface area contributed by atoms with Crippen molar-refractivity contribution in [1.82, 2.24) is 0 Å². The van der Waals surface area contributed by atoms with Crippen LogP contribution in [-0.2, 0) is 19.0 Å². The Labute approximate surface area is 339 Å². The Morgan fingerprint density at radius 2 is 1.14 bits per heavy atom. The van der Waals surface area contributed by atoms with Crippen LogP contribution in [0.4, 0.5) is 30.7 Å². The number of halogens is 7. The Kier molecular flexibility index (Phi) is 13.1. The van der Waals surface area contributed by atoms with Gasteiger partial charge in [0, 0.05) is 0 Å². The first-order valence-corrected chi connectivity index (χ1v) is 22.1. The summed E-state index contributed by atoms with van der Waals surface area (Å²) in [6.07, 6.45) is -7.04. The van der Waals surface area contributed by atoms with Crippen molar-refractivity contribution in [1.29, 1.82) is 0 Å². The number of hydrogen-bond donors (Lipinski definition) is 0. The Morgan fingerprint density at radius 1 is 0.638 bits per heavy atom. The lowest BCUT2D eigenvalue weighted by molar-refractivity contribution is -0.138. The van der Waals surface area contributed by atoms with E-state index in [0.29, 0.717) is 10.9 Å². The highest BCUT2D eigenvalue weighted by Gasteiger charge is 2.41. The third kappa shape index (κ3) is 8.97. The fourth-order valence-corrected chi connectivity index (χ4v) is 15.1. The third-order valence-corrected chi connectivity index (χ3v) is 16.7. The molecule has 6 rings (SSSR count). The van der Waals surface area contributed by atoms with Crippen LogP contribution in [0.3, 0.4) is 0 Å². The van der Waals surface area contributed by atoms with Crippen molar-refractivity contribution in [3.63, 3.8) is 0 Å². The van der Waals surface area contributed by atoms with E-state index in [1.165, 1.54) is 6.07 Å². The Balaban J connectivity index is 1.55. The van der Waals surface area contributed by atoms with E-state index < -0.39 is 46.0 Å². The first-order valence-electron chi connectivity index (χ1n) is 19.3. The number of ether oxygens (including phenoxy) is 2. The smallest absolute Gasteiger partial charge is 0.416 e. The molecular formula is C47H49F7O2P2. The van der Waals surface area contributed by atoms with Crippen molar-refractivity contribution in [3.8, 4) is 11.5 Å². The highest BCUT2D eigenvalue weighted by molar-refractivity contribution is 7.80. The van der Waals surface area contributed by atoms with E-state index in [1.807, 2.05) is 46.8 Å². The second-order valence-corrected chi connectivity index (χ2v) is 20.3. The van der Waals surface area contributed by atoms with Gasteiger partial charge in [-0.2, -0.15) is 26.3 Å². The van der Waals surface area contributed by atoms with Gasteiger partial charge in [0.1, 0.15) is 18.2 Å². The molecule has 4 atom stereocenters. The van der Waals surface area contributed by atoms with E-state index in [2.05, 4.69) is 36.4 Å². The van der Waals surface area contributed by atoms with Crippen LogP contribution in [0.15, 0.2) is 84.9 Å². The van der Waals surface area contributed by atoms with Gasteiger partial charge in [0.05, 0.1) is 25.3 Å². The second kappa shape index (κ2) is 17.3. The van der Waals surface area contributed by atoms with Gasteiger partial charge >= 0.3 is 12.4 Å². The molecule has 1 saturated carbocycles. The van der Waals surface area contributed by atoms with Gasteiger partial charge in [0.25, 0.3) is 0 Å². The molecule has 2 nitrogen and oxygen atoms in total. The minimum Gasteiger partial charge on any atom is -0.496 e. The molecule has 0 spiro atoms. The number of hydrogen-bond acceptors (Lipinski definition) is 2. The number of rotatable bonds is 11. The van der Waals surface area contributed by atoms with Crippen molar-refractivity contribution in [2.75, 3.05) is 14.2 Å². The maximum atomic E-state index is 14.3. The molecule has 1 aliphatic rings. The van der Waals surface area contributed by atoms with Gasteiger partial charge in [0.2, 0.25) is 0 Å². The fraction of sp³-hybridized carbons (Fsp3) is 0.362. The SMILES string of the molecule is COc1c(C)cc(P(c2cc(C)c(OC)c(C)c2)c2ccccc2C2CCCC2[C@@H](C)P(c2cc(C)cc(C(F)(F)F)c2)c2cc(CF)cc(C(F)(F)F)c2)cc1C. The monoisotopic (exact) mass is 840 g/mol. The summed E-state index contributed by atoms with van der Waals surface area (Å²) in [6, 6.07) is 24.2. The molecule has 1 aliphatic carbocycles. The molecule has 0 radical (unpaired) electrons. The van der Waals surface area contributed by atoms with Crippen LogP contribution in [0.2, 0.25) is 0 Å². The largest absolute Gasteiger partial charge is 0.496 e. The van der Waals surface area contributed by atoms with Crippen molar-refractivity contribution in [2.45, 2.75) is 91.4 Å². The Hall–Kier alpha value is -3.93. The lowest BCUT2D eigenvalue weighted by atomic mass is 9.87. The normalized spacial score (nSPS) is 17.1. The number of methoxy groups -OCH3 is 2. The summed E-state index contributed by atoms with van der Waals surface area (Å²) in [6.45, 7) is 10.5. The zero-order chi connectivity index (χ0) is 42.3. The van der Waals surface area contributed by atoms with Gasteiger partial charge in [-0.1, -0.05) is 43.7 Å². The molecule has 0 heterocycles. The zero-order valence-corrected chi connectivity index (χ0v) is 35.8. The Bertz CT molecular complexity index is 2180. The highest BCUT2D eigenvalue weighted by atomic mass is 31.1. The summed E-state index contributed by atoms with van der Waals surface area (Å²) < 4.78 is 112. The molecule has 5 aromatic rings. The van der Waals surface area contributed by atoms with Crippen LogP contribution in [0.25, 0.3) is 0 Å². The van der Waals surface area contributed by atoms with Crippen LogP contribution < -0.4 is 36.0 Å². The molecular weight excluding hydrogens is 791 g/mol. The van der Waals surface area contributed by atoms with Crippen LogP contribution in [-0.4, -0.2) is 19.9 Å². The summed E-state index contributed by atoms with van der Waals surface area (Å²) >= 11 is 0. The Morgan fingerprint density at radius 3 is 1.64 bits per heavy atom. The van der Waals surface area contributed by atoms with E-state index in [4.69, 9.17) is 9.47 Å². The second-order valence-electron chi connectivity index (χ2n) is 15.5. The highest BCUT2D eigenvalue weighted by Crippen LogP contribution is 2.54. The van der Waals surface area contributed by atoms with Crippen LogP contribution in [0.1, 0.15) is 82.2 Å². The number of aryl methyl sites for hydroxylation is 5. The first kappa shape index (κ1) is 43.6. The maximum absolute atomic E-state index is 14.3. The first-order chi connectivity index (χ1) is 27.4. The summed E-state index contributed by atoms with van der Waals surface area (Å²) in [7, 11) is 0.327. The molecule has 58 heavy (non-hydrogen) atoms. The predicted molar refractivity (Wildman–Crippen MR) is 225 cm³/mol. The van der Waals surface area contributed by atoms with E-state index in [9.17, 15) is 30.7 Å². The summed E-state index contributed by atoms with van der Waals surface area (Å²) in [5.74, 6) is 1.51. The van der Waals surface area contributed by atoms with Crippen molar-refractivity contribution < 1.29 is 40.2 Å². The molecule has 5 aromatic carbocycles. The summed E-state index contributed by atoms with van der Waals surface area (Å²) in [5.41, 5.74) is 3.14. The van der Waals surface area contributed by atoms with Gasteiger partial charge in [-0.15, -0.1) is 0 Å². The average Bonchev–Trinajstić information content (AvgIpc) is 3.64. The van der Waals surface area contributed by atoms with Gasteiger partial charge in [-0.05, 0) is 201 Å². The zero-order valence-electron chi connectivity index (χ0n) is 34.0. The van der Waals surface area contributed by atoms with E-state index in [0.717, 1.165) is 98.8 Å². The van der Waals surface area contributed by atoms with E-state index in [-0.39, 0.29) is 28.4 Å². The topological polar surface area (TPSA) is 18.5 Å². The van der Waals surface area contributed by atoms with Crippen LogP contribution in [0, 0.1) is 40.5 Å². The molecule has 0 saturated heterocycles. The molecule has 0 aliphatic heterocycles. The van der Waals surface area contributed by atoms with E-state index in [1.54, 1.807) is 27.2 Å². The molecule has 0 N–H and O–H groups in total. The maximum Gasteiger partial charge on any atom is 0.416 e. The summed E-state index contributed by atoms with van der Waals surface area (Å²) in [5, 5.41) is 3.96. The fourth-order valence-electron chi connectivity index (χ4n) is 9.07. The lowest BCUT2D eigenvalue weighted by Crippen LogP contribution is -2.31. The van der Waals surface area contributed by atoms with Gasteiger partial charge in [0.15, 0.2) is 0 Å². The molecule has 0 bridgehead atoms. The molecule has 3 unspecified atom stereocenters. The van der Waals surface area contributed by atoms with E-state index >= 15 is 0 Å². The molecule has 11 heteroatoms. The number of alkyl halides is 7. The molecule has 1 fully saturated rings. The number of benzene rings is 5. The standard InChI is InChI=1S/C47H49F7O2P2/c1-27-16-34(46(49,50)51)24-36(17-27)57(39-23-33(26-48)22-35(25-39)47(52,53)54)32(6)40-13-11-14-41(40)42-12-9-10-15-43(42)58(37-18-28(2)44(55-7)29(3)19-37)38-20-30(4)45(56-8)31(5)21-38/h9-10,12,15-25,32,40-41H,11,13-14,26H2,1-8H3/t32-,40?,41?,57?/m1/s1. The lowest BCUT2D eigenvalue weighted by Gasteiger charge is -2.36. The minimum atomic E-state index is -4.77. The van der Waals surface area contributed by atoms with Crippen molar-refractivity contribution in [2.24, 2.45) is 5.92 Å². The molecule has 0 amide bonds. The molecule has 308 valence electrons. The van der Waals surface area contributed by atoms with Crippen molar-refractivity contribution >= 4 is 42.4 Å². The van der Waals surface area contributed by atoms with Gasteiger partial charge in [-0.3, -0.25) is 0 Å². The van der Waals surface area contributed by atoms with Gasteiger partial charge < -0.3 is 9.47 Å². The quantitative estimate of drug-likeness (QED) is 0.0974. The predicted octanol–water partition coefficient (Wildman–Crippen LogP) is 11.9. The van der Waals surface area contributed by atoms with Crippen molar-refractivity contribution in [3.05, 3.63) is 135 Å². The summed E-state index contributed by atoms with van der Waals surface area (Å²) in [4.78, 5) is 0. The molecule has 0 aromatic heterocycles.